The van der Waals surface area contributed by atoms with Crippen molar-refractivity contribution < 1.29 is 19.4 Å². The van der Waals surface area contributed by atoms with Crippen molar-refractivity contribution in [3.05, 3.63) is 65.5 Å². The van der Waals surface area contributed by atoms with E-state index in [1.807, 2.05) is 26.0 Å². The summed E-state index contributed by atoms with van der Waals surface area (Å²) in [5, 5.41) is 15.3. The average Bonchev–Trinajstić information content (AvgIpc) is 3.17. The monoisotopic (exact) mass is 488 g/mol. The fourth-order valence-electron chi connectivity index (χ4n) is 4.58. The number of carboxylic acids is 1. The molecule has 0 saturated carbocycles. The van der Waals surface area contributed by atoms with E-state index in [4.69, 9.17) is 4.74 Å². The van der Waals surface area contributed by atoms with Crippen molar-refractivity contribution in [3.8, 4) is 11.6 Å². The highest BCUT2D eigenvalue weighted by Gasteiger charge is 2.40. The number of fused-ring (bicyclic) bond motifs is 1. The number of carboxylic acid groups (broad SMARTS) is 1. The van der Waals surface area contributed by atoms with Crippen molar-refractivity contribution in [2.75, 3.05) is 0 Å². The quantitative estimate of drug-likeness (QED) is 0.402. The lowest BCUT2D eigenvalue weighted by Gasteiger charge is -2.31. The van der Waals surface area contributed by atoms with Crippen LogP contribution in [0.1, 0.15) is 57.8 Å². The Bertz CT molecular complexity index is 1320. The van der Waals surface area contributed by atoms with Crippen LogP contribution in [0.15, 0.2) is 54.1 Å². The Labute approximate surface area is 210 Å². The number of Topliss-reactive ketones (excluding diaryl/α,β-unsaturated/α-hetero) is 1. The Kier molecular flexibility index (Phi) is 7.33. The zero-order valence-corrected chi connectivity index (χ0v) is 21.2. The number of allylic oxidation sites excluding steroid dienone is 2. The number of rotatable bonds is 10. The number of ketones is 1. The fourth-order valence-corrected chi connectivity index (χ4v) is 4.58. The lowest BCUT2D eigenvalue weighted by molar-refractivity contribution is -0.144. The van der Waals surface area contributed by atoms with Crippen LogP contribution in [0.5, 0.6) is 11.6 Å². The van der Waals surface area contributed by atoms with Gasteiger partial charge < -0.3 is 15.2 Å². The molecule has 8 nitrogen and oxygen atoms in total. The molecule has 0 radical (unpaired) electrons. The van der Waals surface area contributed by atoms with Crippen LogP contribution < -0.4 is 10.1 Å². The van der Waals surface area contributed by atoms with Crippen molar-refractivity contribution in [3.63, 3.8) is 0 Å². The van der Waals surface area contributed by atoms with E-state index in [0.717, 1.165) is 27.7 Å². The number of hydrogen-bond acceptors (Lipinski definition) is 7. The Hall–Kier alpha value is -3.81. The second kappa shape index (κ2) is 10.4. The normalized spacial score (nSPS) is 15.4. The molecular weight excluding hydrogens is 456 g/mol. The van der Waals surface area contributed by atoms with Gasteiger partial charge in [0.25, 0.3) is 0 Å². The number of aromatic nitrogens is 3. The molecule has 0 bridgehead atoms. The van der Waals surface area contributed by atoms with E-state index >= 15 is 0 Å². The summed E-state index contributed by atoms with van der Waals surface area (Å²) < 4.78 is 6.01. The van der Waals surface area contributed by atoms with E-state index in [1.54, 1.807) is 30.7 Å². The number of nitrogens with one attached hydrogen (secondary N) is 1. The molecule has 4 rings (SSSR count). The predicted octanol–water partition coefficient (Wildman–Crippen LogP) is 5.15. The van der Waals surface area contributed by atoms with Crippen molar-refractivity contribution >= 4 is 22.5 Å². The van der Waals surface area contributed by atoms with E-state index in [0.29, 0.717) is 48.9 Å². The van der Waals surface area contributed by atoms with Crippen LogP contribution in [0.3, 0.4) is 0 Å². The first kappa shape index (κ1) is 25.3. The molecule has 0 aliphatic heterocycles. The summed E-state index contributed by atoms with van der Waals surface area (Å²) in [4.78, 5) is 38.1. The molecule has 8 heteroatoms. The summed E-state index contributed by atoms with van der Waals surface area (Å²) in [6.45, 7) is 7.84. The Morgan fingerprint density at radius 3 is 2.69 bits per heavy atom. The van der Waals surface area contributed by atoms with Gasteiger partial charge in [-0.25, -0.2) is 9.78 Å². The van der Waals surface area contributed by atoms with Crippen LogP contribution in [0.2, 0.25) is 0 Å². The van der Waals surface area contributed by atoms with Crippen molar-refractivity contribution in [2.24, 2.45) is 5.92 Å². The third kappa shape index (κ3) is 5.37. The first-order valence-electron chi connectivity index (χ1n) is 12.3. The topological polar surface area (TPSA) is 114 Å². The van der Waals surface area contributed by atoms with E-state index in [-0.39, 0.29) is 12.2 Å². The van der Waals surface area contributed by atoms with E-state index in [1.165, 1.54) is 0 Å². The first-order chi connectivity index (χ1) is 17.2. The van der Waals surface area contributed by atoms with Crippen LogP contribution >= 0.6 is 0 Å². The molecule has 1 atom stereocenters. The predicted molar refractivity (Wildman–Crippen MR) is 137 cm³/mol. The average molecular weight is 489 g/mol. The molecule has 1 aliphatic rings. The molecule has 0 saturated heterocycles. The molecule has 0 fully saturated rings. The van der Waals surface area contributed by atoms with Crippen molar-refractivity contribution in [1.29, 1.82) is 0 Å². The van der Waals surface area contributed by atoms with E-state index < -0.39 is 11.5 Å². The molecule has 1 unspecified atom stereocenters. The number of pyridine rings is 3. The summed E-state index contributed by atoms with van der Waals surface area (Å²) in [5.41, 5.74) is 1.65. The standard InChI is InChI=1S/C28H32N4O4/c1-5-28(27(34)35,32-24-8-9-25(33)22(24)12-17(2)3)14-20-6-7-21(15-30-20)36-26-23-16-29-11-10-19(23)13-18(4)31-26/h6-7,10-11,13,15-17,32H,5,8-9,12,14H2,1-4H3,(H,34,35). The summed E-state index contributed by atoms with van der Waals surface area (Å²) in [6, 6.07) is 7.40. The molecule has 0 aromatic carbocycles. The van der Waals surface area contributed by atoms with E-state index in [2.05, 4.69) is 34.1 Å². The van der Waals surface area contributed by atoms with Gasteiger partial charge in [-0.2, -0.15) is 0 Å². The molecule has 3 aromatic rings. The molecule has 1 aliphatic carbocycles. The smallest absolute Gasteiger partial charge is 0.329 e. The number of aryl methyl sites for hydroxylation is 1. The second-order valence-electron chi connectivity index (χ2n) is 9.77. The highest BCUT2D eigenvalue weighted by molar-refractivity contribution is 5.98. The van der Waals surface area contributed by atoms with Gasteiger partial charge in [0.15, 0.2) is 5.78 Å². The lowest BCUT2D eigenvalue weighted by atomic mass is 9.89. The number of aliphatic carboxylic acids is 1. The minimum Gasteiger partial charge on any atom is -0.479 e. The van der Waals surface area contributed by atoms with Crippen LogP contribution in [0.4, 0.5) is 0 Å². The fraction of sp³-hybridized carbons (Fsp3) is 0.393. The van der Waals surface area contributed by atoms with Crippen molar-refractivity contribution in [1.82, 2.24) is 20.3 Å². The number of hydrogen-bond donors (Lipinski definition) is 2. The van der Waals surface area contributed by atoms with Gasteiger partial charge in [-0.1, -0.05) is 20.8 Å². The largest absolute Gasteiger partial charge is 0.479 e. The number of nitrogens with zero attached hydrogens (tertiary/aromatic N) is 3. The number of carbonyl (C=O) groups is 2. The molecule has 3 aromatic heterocycles. The lowest BCUT2D eigenvalue weighted by Crippen LogP contribution is -2.53. The minimum atomic E-state index is -1.27. The van der Waals surface area contributed by atoms with Crippen LogP contribution in [-0.2, 0) is 16.0 Å². The minimum absolute atomic E-state index is 0.105. The molecule has 2 N–H and O–H groups in total. The van der Waals surface area contributed by atoms with Crippen molar-refractivity contribution in [2.45, 2.75) is 65.3 Å². The molecular formula is C28H32N4O4. The molecule has 188 valence electrons. The van der Waals surface area contributed by atoms with Gasteiger partial charge in [0.05, 0.1) is 11.6 Å². The second-order valence-corrected chi connectivity index (χ2v) is 9.77. The zero-order valence-electron chi connectivity index (χ0n) is 21.2. The van der Waals surface area contributed by atoms with Gasteiger partial charge in [-0.15, -0.1) is 0 Å². The van der Waals surface area contributed by atoms with Gasteiger partial charge in [-0.05, 0) is 61.8 Å². The highest BCUT2D eigenvalue weighted by atomic mass is 16.5. The van der Waals surface area contributed by atoms with Gasteiger partial charge in [0.2, 0.25) is 5.88 Å². The maximum atomic E-state index is 12.5. The first-order valence-corrected chi connectivity index (χ1v) is 12.3. The maximum absolute atomic E-state index is 12.5. The Morgan fingerprint density at radius 1 is 1.22 bits per heavy atom. The molecule has 3 heterocycles. The van der Waals surface area contributed by atoms with Gasteiger partial charge in [-0.3, -0.25) is 14.8 Å². The molecule has 36 heavy (non-hydrogen) atoms. The summed E-state index contributed by atoms with van der Waals surface area (Å²) in [7, 11) is 0. The molecule has 0 amide bonds. The van der Waals surface area contributed by atoms with Gasteiger partial charge in [0.1, 0.15) is 11.3 Å². The third-order valence-electron chi connectivity index (χ3n) is 6.54. The number of carbonyl (C=O) groups excluding carboxylic acids is 1. The summed E-state index contributed by atoms with van der Waals surface area (Å²) in [5.74, 6) is 0.387. The SMILES string of the molecule is CCC(Cc1ccc(Oc2nc(C)cc3ccncc23)cn1)(NC1=C(CC(C)C)C(=O)CC1)C(=O)O. The summed E-state index contributed by atoms with van der Waals surface area (Å²) in [6.07, 6.45) is 7.12. The number of ether oxygens (including phenoxy) is 1. The summed E-state index contributed by atoms with van der Waals surface area (Å²) >= 11 is 0. The van der Waals surface area contributed by atoms with Crippen LogP contribution in [0.25, 0.3) is 10.8 Å². The Balaban J connectivity index is 1.56. The van der Waals surface area contributed by atoms with Crippen LogP contribution in [0, 0.1) is 12.8 Å². The highest BCUT2D eigenvalue weighted by Crippen LogP contribution is 2.31. The molecule has 0 spiro atoms. The van der Waals surface area contributed by atoms with Gasteiger partial charge in [0, 0.05) is 47.9 Å². The van der Waals surface area contributed by atoms with E-state index in [9.17, 15) is 14.7 Å². The van der Waals surface area contributed by atoms with Gasteiger partial charge >= 0.3 is 5.97 Å². The van der Waals surface area contributed by atoms with Crippen LogP contribution in [-0.4, -0.2) is 37.3 Å². The Morgan fingerprint density at radius 2 is 2.03 bits per heavy atom. The third-order valence-corrected chi connectivity index (χ3v) is 6.54. The maximum Gasteiger partial charge on any atom is 0.329 e. The zero-order chi connectivity index (χ0) is 25.9.